The van der Waals surface area contributed by atoms with Gasteiger partial charge in [-0.05, 0) is 32.1 Å². The van der Waals surface area contributed by atoms with Gasteiger partial charge in [0.2, 0.25) is 0 Å². The lowest BCUT2D eigenvalue weighted by molar-refractivity contribution is 0.0158. The van der Waals surface area contributed by atoms with Gasteiger partial charge in [-0.3, -0.25) is 0 Å². The fraction of sp³-hybridized carbons (Fsp3) is 1.00. The lowest BCUT2D eigenvalue weighted by atomic mass is 10.1. The van der Waals surface area contributed by atoms with Gasteiger partial charge in [0.05, 0.1) is 6.10 Å². The summed E-state index contributed by atoms with van der Waals surface area (Å²) in [5.74, 6) is 0. The molecule has 1 unspecified atom stereocenters. The van der Waals surface area contributed by atoms with E-state index in [9.17, 15) is 0 Å². The molecule has 3 nitrogen and oxygen atoms in total. The second kappa shape index (κ2) is 4.60. The maximum absolute atomic E-state index is 9.12. The van der Waals surface area contributed by atoms with Gasteiger partial charge in [-0.2, -0.15) is 0 Å². The number of hydrogen-bond donors (Lipinski definition) is 2. The van der Waals surface area contributed by atoms with Gasteiger partial charge in [-0.15, -0.1) is 0 Å². The fourth-order valence-electron chi connectivity index (χ4n) is 2.03. The molecule has 2 aliphatic rings. The van der Waals surface area contributed by atoms with Crippen molar-refractivity contribution in [1.82, 2.24) is 5.32 Å². The summed E-state index contributed by atoms with van der Waals surface area (Å²) in [6, 6.07) is 0. The Kier molecular flexibility index (Phi) is 3.42. The molecule has 0 bridgehead atoms. The van der Waals surface area contributed by atoms with E-state index in [-0.39, 0.29) is 5.41 Å². The molecule has 1 saturated heterocycles. The highest BCUT2D eigenvalue weighted by Gasteiger charge is 2.41. The van der Waals surface area contributed by atoms with E-state index in [2.05, 4.69) is 5.32 Å². The summed E-state index contributed by atoms with van der Waals surface area (Å²) in [6.07, 6.45) is 6.50. The van der Waals surface area contributed by atoms with Crippen LogP contribution in [0.1, 0.15) is 32.1 Å². The third-order valence-electron chi connectivity index (χ3n) is 3.44. The molecule has 1 atom stereocenters. The molecule has 1 aliphatic heterocycles. The third-order valence-corrected chi connectivity index (χ3v) is 3.44. The lowest BCUT2D eigenvalue weighted by Gasteiger charge is -2.23. The predicted molar refractivity (Wildman–Crippen MR) is 55.2 cm³/mol. The van der Waals surface area contributed by atoms with Gasteiger partial charge in [-0.1, -0.05) is 0 Å². The van der Waals surface area contributed by atoms with Gasteiger partial charge in [0.1, 0.15) is 0 Å². The van der Waals surface area contributed by atoms with Crippen LogP contribution in [-0.2, 0) is 4.74 Å². The van der Waals surface area contributed by atoms with E-state index < -0.39 is 0 Å². The van der Waals surface area contributed by atoms with Crippen LogP contribution < -0.4 is 5.32 Å². The molecule has 0 spiro atoms. The average Bonchev–Trinajstić information content (AvgIpc) is 3.00. The highest BCUT2D eigenvalue weighted by atomic mass is 16.5. The molecule has 14 heavy (non-hydrogen) atoms. The third kappa shape index (κ3) is 2.69. The van der Waals surface area contributed by atoms with Gasteiger partial charge in [0.15, 0.2) is 0 Å². The lowest BCUT2D eigenvalue weighted by Crippen LogP contribution is -2.35. The summed E-state index contributed by atoms with van der Waals surface area (Å²) in [6.45, 7) is 3.19. The quantitative estimate of drug-likeness (QED) is 0.692. The Bertz CT molecular complexity index is 174. The molecular formula is C11H21NO2. The van der Waals surface area contributed by atoms with Gasteiger partial charge >= 0.3 is 0 Å². The summed E-state index contributed by atoms with van der Waals surface area (Å²) < 4.78 is 5.62. The second-order valence-electron chi connectivity index (χ2n) is 4.78. The normalized spacial score (nSPS) is 30.2. The smallest absolute Gasteiger partial charge is 0.0699 e. The summed E-state index contributed by atoms with van der Waals surface area (Å²) in [4.78, 5) is 0. The first-order valence-electron chi connectivity index (χ1n) is 5.78. The van der Waals surface area contributed by atoms with Crippen LogP contribution in [0.25, 0.3) is 0 Å². The first kappa shape index (κ1) is 10.4. The zero-order chi connectivity index (χ0) is 9.86. The minimum absolute atomic E-state index is 0.231. The zero-order valence-electron chi connectivity index (χ0n) is 8.80. The van der Waals surface area contributed by atoms with E-state index >= 15 is 0 Å². The summed E-state index contributed by atoms with van der Waals surface area (Å²) in [5.41, 5.74) is 0.231. The minimum Gasteiger partial charge on any atom is -0.396 e. The topological polar surface area (TPSA) is 41.5 Å². The van der Waals surface area contributed by atoms with Crippen LogP contribution in [0.2, 0.25) is 0 Å². The minimum atomic E-state index is 0.231. The SMILES string of the molecule is OCC1(CNCC2CCCCO2)CC1. The summed E-state index contributed by atoms with van der Waals surface area (Å²) in [7, 11) is 0. The van der Waals surface area contributed by atoms with Crippen molar-refractivity contribution in [2.24, 2.45) is 5.41 Å². The van der Waals surface area contributed by atoms with Crippen molar-refractivity contribution in [2.45, 2.75) is 38.2 Å². The first-order chi connectivity index (χ1) is 6.85. The standard InChI is InChI=1S/C11H21NO2/c13-9-11(4-5-11)8-12-7-10-3-1-2-6-14-10/h10,12-13H,1-9H2. The molecule has 3 heteroatoms. The van der Waals surface area contributed by atoms with E-state index in [0.717, 1.165) is 19.7 Å². The van der Waals surface area contributed by atoms with Crippen molar-refractivity contribution < 1.29 is 9.84 Å². The predicted octanol–water partition coefficient (Wildman–Crippen LogP) is 0.918. The van der Waals surface area contributed by atoms with Crippen LogP contribution in [0, 0.1) is 5.41 Å². The van der Waals surface area contributed by atoms with Gasteiger partial charge in [-0.25, -0.2) is 0 Å². The van der Waals surface area contributed by atoms with Crippen LogP contribution in [-0.4, -0.2) is 37.5 Å². The van der Waals surface area contributed by atoms with E-state index in [1.165, 1.54) is 32.1 Å². The summed E-state index contributed by atoms with van der Waals surface area (Å²) >= 11 is 0. The molecule has 1 aliphatic carbocycles. The van der Waals surface area contributed by atoms with Crippen molar-refractivity contribution in [3.05, 3.63) is 0 Å². The molecule has 2 N–H and O–H groups in total. The van der Waals surface area contributed by atoms with Crippen molar-refractivity contribution >= 4 is 0 Å². The fourth-order valence-corrected chi connectivity index (χ4v) is 2.03. The van der Waals surface area contributed by atoms with Gasteiger partial charge < -0.3 is 15.2 Å². The van der Waals surface area contributed by atoms with Gasteiger partial charge in [0.25, 0.3) is 0 Å². The molecule has 2 fully saturated rings. The summed E-state index contributed by atoms with van der Waals surface area (Å²) in [5, 5.41) is 12.5. The Morgan fingerprint density at radius 3 is 2.79 bits per heavy atom. The number of aliphatic hydroxyl groups excluding tert-OH is 1. The Labute approximate surface area is 85.8 Å². The maximum atomic E-state index is 9.12. The second-order valence-corrected chi connectivity index (χ2v) is 4.78. The van der Waals surface area contributed by atoms with E-state index in [1.807, 2.05) is 0 Å². The molecular weight excluding hydrogens is 178 g/mol. The van der Waals surface area contributed by atoms with Crippen molar-refractivity contribution in [1.29, 1.82) is 0 Å². The number of nitrogens with one attached hydrogen (secondary N) is 1. The van der Waals surface area contributed by atoms with E-state index in [4.69, 9.17) is 9.84 Å². The van der Waals surface area contributed by atoms with Crippen LogP contribution >= 0.6 is 0 Å². The highest BCUT2D eigenvalue weighted by Crippen LogP contribution is 2.44. The molecule has 0 amide bonds. The average molecular weight is 199 g/mol. The zero-order valence-corrected chi connectivity index (χ0v) is 8.80. The number of rotatable bonds is 5. The maximum Gasteiger partial charge on any atom is 0.0699 e. The van der Waals surface area contributed by atoms with Crippen molar-refractivity contribution in [2.75, 3.05) is 26.3 Å². The molecule has 82 valence electrons. The Morgan fingerprint density at radius 1 is 1.36 bits per heavy atom. The van der Waals surface area contributed by atoms with E-state index in [1.54, 1.807) is 0 Å². The number of aliphatic hydroxyl groups is 1. The van der Waals surface area contributed by atoms with Crippen LogP contribution in [0.5, 0.6) is 0 Å². The Balaban J connectivity index is 1.58. The molecule has 0 aromatic rings. The number of ether oxygens (including phenoxy) is 1. The Morgan fingerprint density at radius 2 is 2.21 bits per heavy atom. The Hall–Kier alpha value is -0.120. The molecule has 2 rings (SSSR count). The van der Waals surface area contributed by atoms with Crippen LogP contribution in [0.15, 0.2) is 0 Å². The highest BCUT2D eigenvalue weighted by molar-refractivity contribution is 4.94. The van der Waals surface area contributed by atoms with Crippen molar-refractivity contribution in [3.8, 4) is 0 Å². The number of hydrogen-bond acceptors (Lipinski definition) is 3. The van der Waals surface area contributed by atoms with Crippen LogP contribution in [0.3, 0.4) is 0 Å². The molecule has 0 aromatic carbocycles. The molecule has 0 radical (unpaired) electrons. The largest absolute Gasteiger partial charge is 0.396 e. The molecule has 0 aromatic heterocycles. The molecule has 1 saturated carbocycles. The van der Waals surface area contributed by atoms with Crippen molar-refractivity contribution in [3.63, 3.8) is 0 Å². The van der Waals surface area contributed by atoms with E-state index in [0.29, 0.717) is 12.7 Å². The van der Waals surface area contributed by atoms with Crippen LogP contribution in [0.4, 0.5) is 0 Å². The monoisotopic (exact) mass is 199 g/mol. The molecule has 1 heterocycles. The first-order valence-corrected chi connectivity index (χ1v) is 5.78. The van der Waals surface area contributed by atoms with Gasteiger partial charge in [0, 0.05) is 31.7 Å².